The highest BCUT2D eigenvalue weighted by molar-refractivity contribution is 7.16. The van der Waals surface area contributed by atoms with E-state index < -0.39 is 0 Å². The van der Waals surface area contributed by atoms with E-state index in [0.29, 0.717) is 0 Å². The van der Waals surface area contributed by atoms with Crippen LogP contribution in [0.25, 0.3) is 0 Å². The molecule has 0 aromatic carbocycles. The number of hydrogen-bond donors (Lipinski definition) is 1. The molecule has 1 aliphatic rings. The molecule has 1 aromatic rings. The first-order valence-electron chi connectivity index (χ1n) is 5.19. The monoisotopic (exact) mass is 230 g/mol. The number of halogens is 1. The molecule has 14 heavy (non-hydrogen) atoms. The summed E-state index contributed by atoms with van der Waals surface area (Å²) >= 11 is 7.32. The van der Waals surface area contributed by atoms with Gasteiger partial charge in [-0.3, -0.25) is 0 Å². The fourth-order valence-electron chi connectivity index (χ4n) is 2.19. The van der Waals surface area contributed by atoms with Gasteiger partial charge in [-0.05, 0) is 24.5 Å². The molecule has 1 N–H and O–H groups in total. The molecule has 0 bridgehead atoms. The minimum absolute atomic E-state index is 0.296. The molecule has 1 nitrogen and oxygen atoms in total. The second-order valence-corrected chi connectivity index (χ2v) is 5.79. The van der Waals surface area contributed by atoms with E-state index in [2.05, 4.69) is 0 Å². The molecule has 0 spiro atoms. The van der Waals surface area contributed by atoms with Crippen LogP contribution in [0.1, 0.15) is 43.1 Å². The van der Waals surface area contributed by atoms with E-state index >= 15 is 0 Å². The summed E-state index contributed by atoms with van der Waals surface area (Å²) in [5.41, 5.74) is 0. The molecule has 1 fully saturated rings. The van der Waals surface area contributed by atoms with Crippen LogP contribution in [0.4, 0.5) is 0 Å². The van der Waals surface area contributed by atoms with Gasteiger partial charge in [-0.2, -0.15) is 0 Å². The van der Waals surface area contributed by atoms with E-state index in [1.165, 1.54) is 37.0 Å². The first kappa shape index (κ1) is 10.5. The summed E-state index contributed by atoms with van der Waals surface area (Å²) < 4.78 is 0.769. The zero-order chi connectivity index (χ0) is 9.97. The molecule has 2 rings (SSSR count). The molecular weight excluding hydrogens is 216 g/mol. The third kappa shape index (κ3) is 2.50. The summed E-state index contributed by atoms with van der Waals surface area (Å²) in [5.74, 6) is 0.728. The second kappa shape index (κ2) is 4.65. The minimum atomic E-state index is -0.296. The van der Waals surface area contributed by atoms with E-state index in [-0.39, 0.29) is 6.10 Å². The van der Waals surface area contributed by atoms with Crippen molar-refractivity contribution in [1.29, 1.82) is 0 Å². The predicted octanol–water partition coefficient (Wildman–Crippen LogP) is 4.02. The maximum absolute atomic E-state index is 9.95. The van der Waals surface area contributed by atoms with Crippen molar-refractivity contribution < 1.29 is 5.11 Å². The Bertz CT molecular complexity index is 291. The maximum Gasteiger partial charge on any atom is 0.0932 e. The normalized spacial score (nSPS) is 20.1. The summed E-state index contributed by atoms with van der Waals surface area (Å²) in [4.78, 5) is 1.02. The molecule has 1 aromatic heterocycles. The summed E-state index contributed by atoms with van der Waals surface area (Å²) in [7, 11) is 0. The van der Waals surface area contributed by atoms with Gasteiger partial charge in [-0.25, -0.2) is 0 Å². The molecule has 1 heterocycles. The van der Waals surface area contributed by atoms with Crippen LogP contribution in [0.5, 0.6) is 0 Å². The number of aliphatic hydroxyl groups excluding tert-OH is 1. The molecule has 0 amide bonds. The van der Waals surface area contributed by atoms with Crippen LogP contribution in [-0.2, 0) is 0 Å². The molecule has 1 aliphatic carbocycles. The molecule has 78 valence electrons. The van der Waals surface area contributed by atoms with Crippen molar-refractivity contribution in [3.8, 4) is 0 Å². The largest absolute Gasteiger partial charge is 0.388 e. The van der Waals surface area contributed by atoms with E-state index in [1.807, 2.05) is 12.1 Å². The lowest BCUT2D eigenvalue weighted by Crippen LogP contribution is -2.02. The van der Waals surface area contributed by atoms with Gasteiger partial charge in [0.25, 0.3) is 0 Å². The average Bonchev–Trinajstić information content (AvgIpc) is 2.75. The van der Waals surface area contributed by atoms with Gasteiger partial charge in [-0.1, -0.05) is 37.3 Å². The molecule has 1 unspecified atom stereocenters. The zero-order valence-electron chi connectivity index (χ0n) is 8.08. The highest BCUT2D eigenvalue weighted by atomic mass is 35.5. The Balaban J connectivity index is 1.91. The minimum Gasteiger partial charge on any atom is -0.388 e. The Morgan fingerprint density at radius 3 is 2.71 bits per heavy atom. The molecule has 1 saturated carbocycles. The Morgan fingerprint density at radius 1 is 1.43 bits per heavy atom. The summed E-state index contributed by atoms with van der Waals surface area (Å²) in [5, 5.41) is 9.95. The molecule has 0 radical (unpaired) electrons. The zero-order valence-corrected chi connectivity index (χ0v) is 9.65. The van der Waals surface area contributed by atoms with Crippen molar-refractivity contribution >= 4 is 22.9 Å². The van der Waals surface area contributed by atoms with Crippen molar-refractivity contribution in [3.05, 3.63) is 21.3 Å². The smallest absolute Gasteiger partial charge is 0.0932 e. The Kier molecular flexibility index (Phi) is 3.47. The number of hydrogen-bond acceptors (Lipinski definition) is 2. The van der Waals surface area contributed by atoms with E-state index in [1.54, 1.807) is 0 Å². The van der Waals surface area contributed by atoms with Gasteiger partial charge in [0.1, 0.15) is 0 Å². The SMILES string of the molecule is OC(CC1CCCC1)c1ccc(Cl)s1. The lowest BCUT2D eigenvalue weighted by Gasteiger charge is -2.13. The predicted molar refractivity (Wildman–Crippen MR) is 60.9 cm³/mol. The van der Waals surface area contributed by atoms with Gasteiger partial charge < -0.3 is 5.11 Å². The van der Waals surface area contributed by atoms with Crippen LogP contribution in [0.2, 0.25) is 4.34 Å². The lowest BCUT2D eigenvalue weighted by molar-refractivity contribution is 0.148. The van der Waals surface area contributed by atoms with Gasteiger partial charge >= 0.3 is 0 Å². The van der Waals surface area contributed by atoms with Crippen molar-refractivity contribution in [2.45, 2.75) is 38.2 Å². The summed E-state index contributed by atoms with van der Waals surface area (Å²) in [6.45, 7) is 0. The highest BCUT2D eigenvalue weighted by Crippen LogP contribution is 2.35. The number of thiophene rings is 1. The molecule has 3 heteroatoms. The standard InChI is InChI=1S/C11H15ClOS/c12-11-6-5-10(14-11)9(13)7-8-3-1-2-4-8/h5-6,8-9,13H,1-4,7H2. The number of rotatable bonds is 3. The second-order valence-electron chi connectivity index (χ2n) is 4.04. The fourth-order valence-corrected chi connectivity index (χ4v) is 3.25. The molecular formula is C11H15ClOS. The van der Waals surface area contributed by atoms with Crippen molar-refractivity contribution in [1.82, 2.24) is 0 Å². The van der Waals surface area contributed by atoms with Crippen LogP contribution in [0, 0.1) is 5.92 Å². The Hall–Kier alpha value is -0.0500. The van der Waals surface area contributed by atoms with E-state index in [4.69, 9.17) is 11.6 Å². The van der Waals surface area contributed by atoms with Gasteiger partial charge in [-0.15, -0.1) is 11.3 Å². The first-order chi connectivity index (χ1) is 6.75. The van der Waals surface area contributed by atoms with Crippen LogP contribution in [0.3, 0.4) is 0 Å². The van der Waals surface area contributed by atoms with E-state index in [0.717, 1.165) is 21.6 Å². The third-order valence-electron chi connectivity index (χ3n) is 2.95. The van der Waals surface area contributed by atoms with Gasteiger partial charge in [0.2, 0.25) is 0 Å². The van der Waals surface area contributed by atoms with Crippen LogP contribution >= 0.6 is 22.9 Å². The maximum atomic E-state index is 9.95. The topological polar surface area (TPSA) is 20.2 Å². The Labute approximate surface area is 93.7 Å². The quantitative estimate of drug-likeness (QED) is 0.832. The van der Waals surface area contributed by atoms with Gasteiger partial charge in [0.05, 0.1) is 10.4 Å². The van der Waals surface area contributed by atoms with Crippen molar-refractivity contribution in [3.63, 3.8) is 0 Å². The number of aliphatic hydroxyl groups is 1. The Morgan fingerprint density at radius 2 is 2.14 bits per heavy atom. The first-order valence-corrected chi connectivity index (χ1v) is 6.38. The highest BCUT2D eigenvalue weighted by Gasteiger charge is 2.20. The molecule has 0 aliphatic heterocycles. The summed E-state index contributed by atoms with van der Waals surface area (Å²) in [6, 6.07) is 3.80. The lowest BCUT2D eigenvalue weighted by atomic mass is 9.99. The summed E-state index contributed by atoms with van der Waals surface area (Å²) in [6.07, 6.45) is 5.87. The molecule has 0 saturated heterocycles. The average molecular weight is 231 g/mol. The fraction of sp³-hybridized carbons (Fsp3) is 0.636. The van der Waals surface area contributed by atoms with Crippen LogP contribution in [-0.4, -0.2) is 5.11 Å². The van der Waals surface area contributed by atoms with E-state index in [9.17, 15) is 5.11 Å². The molecule has 1 atom stereocenters. The van der Waals surface area contributed by atoms with Crippen LogP contribution < -0.4 is 0 Å². The third-order valence-corrected chi connectivity index (χ3v) is 4.29. The van der Waals surface area contributed by atoms with Gasteiger partial charge in [0.15, 0.2) is 0 Å². The van der Waals surface area contributed by atoms with Crippen LogP contribution in [0.15, 0.2) is 12.1 Å². The van der Waals surface area contributed by atoms with Gasteiger partial charge in [0, 0.05) is 4.88 Å². The van der Waals surface area contributed by atoms with Crippen molar-refractivity contribution in [2.75, 3.05) is 0 Å². The van der Waals surface area contributed by atoms with Crippen molar-refractivity contribution in [2.24, 2.45) is 5.92 Å².